The highest BCUT2D eigenvalue weighted by molar-refractivity contribution is 7.92. The number of nitro benzene ring substituents is 1. The van der Waals surface area contributed by atoms with Gasteiger partial charge in [0.15, 0.2) is 9.84 Å². The Hall–Kier alpha value is -2.34. The average Bonchev–Trinajstić information content (AvgIpc) is 2.72. The van der Waals surface area contributed by atoms with Crippen LogP contribution in [0.5, 0.6) is 0 Å². The molecule has 0 aliphatic carbocycles. The topological polar surface area (TPSA) is 124 Å². The first kappa shape index (κ1) is 26.9. The molecule has 1 aromatic carbocycles. The van der Waals surface area contributed by atoms with Gasteiger partial charge in [-0.05, 0) is 12.1 Å². The molecule has 1 fully saturated rings. The Morgan fingerprint density at radius 2 is 1.67 bits per heavy atom. The van der Waals surface area contributed by atoms with Crippen LogP contribution in [0.3, 0.4) is 0 Å². The zero-order valence-electron chi connectivity index (χ0n) is 16.0. The highest BCUT2D eigenvalue weighted by Gasteiger charge is 2.76. The van der Waals surface area contributed by atoms with Crippen LogP contribution >= 0.6 is 0 Å². The lowest BCUT2D eigenvalue weighted by Crippen LogP contribution is -2.54. The van der Waals surface area contributed by atoms with Gasteiger partial charge in [-0.2, -0.15) is 30.7 Å². The minimum absolute atomic E-state index is 0.0247. The monoisotopic (exact) mass is 530 g/mol. The smallest absolute Gasteiger partial charge is 0.378 e. The Labute approximate surface area is 183 Å². The van der Waals surface area contributed by atoms with Gasteiger partial charge in [-0.1, -0.05) is 0 Å². The molecule has 33 heavy (non-hydrogen) atoms. The lowest BCUT2D eigenvalue weighted by atomic mass is 10.3. The van der Waals surface area contributed by atoms with E-state index in [-0.39, 0.29) is 44.5 Å². The van der Waals surface area contributed by atoms with E-state index in [1.807, 2.05) is 0 Å². The van der Waals surface area contributed by atoms with E-state index < -0.39 is 70.1 Å². The van der Waals surface area contributed by atoms with Crippen molar-refractivity contribution in [3.8, 4) is 0 Å². The van der Waals surface area contributed by atoms with Crippen molar-refractivity contribution in [1.29, 1.82) is 0 Å². The van der Waals surface area contributed by atoms with Gasteiger partial charge in [0.05, 0.1) is 23.0 Å². The van der Waals surface area contributed by atoms with Crippen LogP contribution in [0.2, 0.25) is 0 Å². The van der Waals surface area contributed by atoms with Gasteiger partial charge < -0.3 is 9.64 Å². The van der Waals surface area contributed by atoms with Crippen LogP contribution in [0.25, 0.3) is 0 Å². The standard InChI is InChI=1S/C15H13F7N2O7S2/c16-13(17,14(18,19)20)15(21,22)32(28)9-1-2-11(10(7-9)24(26)27)33(29,30)8-12(25)23-3-5-31-6-4-23/h1-2,7H,3-6,8H2. The number of rotatable bonds is 7. The molecule has 1 saturated heterocycles. The van der Waals surface area contributed by atoms with Gasteiger partial charge in [-0.3, -0.25) is 14.9 Å². The summed E-state index contributed by atoms with van der Waals surface area (Å²) >= 11 is 0. The highest BCUT2D eigenvalue weighted by atomic mass is 32.2. The second kappa shape index (κ2) is 9.13. The van der Waals surface area contributed by atoms with Crippen molar-refractivity contribution >= 4 is 32.2 Å². The molecule has 9 nitrogen and oxygen atoms in total. The van der Waals surface area contributed by atoms with E-state index in [0.717, 1.165) is 4.90 Å². The van der Waals surface area contributed by atoms with Crippen LogP contribution in [0.15, 0.2) is 28.0 Å². The van der Waals surface area contributed by atoms with E-state index in [1.54, 1.807) is 0 Å². The van der Waals surface area contributed by atoms with Crippen molar-refractivity contribution in [3.63, 3.8) is 0 Å². The minimum Gasteiger partial charge on any atom is -0.378 e. The van der Waals surface area contributed by atoms with Gasteiger partial charge in [-0.15, -0.1) is 0 Å². The summed E-state index contributed by atoms with van der Waals surface area (Å²) in [4.78, 5) is 20.3. The number of hydrogen-bond acceptors (Lipinski definition) is 7. The maximum absolute atomic E-state index is 13.7. The number of sulfone groups is 1. The maximum atomic E-state index is 13.7. The van der Waals surface area contributed by atoms with Crippen molar-refractivity contribution in [1.82, 2.24) is 4.90 Å². The summed E-state index contributed by atoms with van der Waals surface area (Å²) < 4.78 is 132. The molecule has 0 radical (unpaired) electrons. The van der Waals surface area contributed by atoms with Crippen molar-refractivity contribution in [2.24, 2.45) is 0 Å². The third-order valence-corrected chi connectivity index (χ3v) is 7.35. The van der Waals surface area contributed by atoms with Crippen molar-refractivity contribution in [3.05, 3.63) is 28.3 Å². The van der Waals surface area contributed by atoms with E-state index in [2.05, 4.69) is 0 Å². The molecule has 18 heteroatoms. The van der Waals surface area contributed by atoms with Crippen LogP contribution in [0.1, 0.15) is 0 Å². The quantitative estimate of drug-likeness (QED) is 0.301. The number of carbonyl (C=O) groups is 1. The molecule has 1 unspecified atom stereocenters. The summed E-state index contributed by atoms with van der Waals surface area (Å²) in [5, 5.41) is 5.01. The molecule has 1 aliphatic heterocycles. The predicted molar refractivity (Wildman–Crippen MR) is 94.9 cm³/mol. The molecule has 0 spiro atoms. The molecule has 1 atom stereocenters. The zero-order valence-corrected chi connectivity index (χ0v) is 17.6. The number of nitro groups is 1. The molecule has 1 aliphatic rings. The van der Waals surface area contributed by atoms with Gasteiger partial charge in [0.25, 0.3) is 5.69 Å². The van der Waals surface area contributed by atoms with E-state index in [1.165, 1.54) is 0 Å². The summed E-state index contributed by atoms with van der Waals surface area (Å²) in [6.45, 7) is 0.250. The first-order valence-electron chi connectivity index (χ1n) is 8.54. The fourth-order valence-corrected chi connectivity index (χ4v) is 5.04. The maximum Gasteiger partial charge on any atom is 0.461 e. The third kappa shape index (κ3) is 5.26. The molecule has 1 amide bonds. The van der Waals surface area contributed by atoms with Crippen LogP contribution in [-0.2, 0) is 30.2 Å². The molecule has 1 heterocycles. The van der Waals surface area contributed by atoms with Crippen LogP contribution in [0.4, 0.5) is 36.4 Å². The van der Waals surface area contributed by atoms with Gasteiger partial charge in [0.1, 0.15) is 21.4 Å². The summed E-state index contributed by atoms with van der Waals surface area (Å²) in [7, 11) is -9.28. The number of ether oxygens (including phenoxy) is 1. The molecule has 0 aromatic heterocycles. The van der Waals surface area contributed by atoms with Gasteiger partial charge in [0, 0.05) is 19.2 Å². The molecule has 1 aromatic rings. The number of alkyl halides is 7. The largest absolute Gasteiger partial charge is 0.461 e. The normalized spacial score (nSPS) is 17.0. The zero-order chi connectivity index (χ0) is 25.4. The second-order valence-corrected chi connectivity index (χ2v) is 9.98. The average molecular weight is 530 g/mol. The summed E-state index contributed by atoms with van der Waals surface area (Å²) in [6, 6.07) is 0.271. The summed E-state index contributed by atoms with van der Waals surface area (Å²) in [5.74, 6) is -9.04. The number of carbonyl (C=O) groups excluding carboxylic acids is 1. The summed E-state index contributed by atoms with van der Waals surface area (Å²) in [6.07, 6.45) is -6.80. The van der Waals surface area contributed by atoms with E-state index in [0.29, 0.717) is 0 Å². The van der Waals surface area contributed by atoms with Gasteiger partial charge >= 0.3 is 17.4 Å². The third-order valence-electron chi connectivity index (χ3n) is 4.31. The molecule has 0 saturated carbocycles. The van der Waals surface area contributed by atoms with Gasteiger partial charge in [0.2, 0.25) is 5.91 Å². The van der Waals surface area contributed by atoms with E-state index >= 15 is 0 Å². The molecule has 2 rings (SSSR count). The second-order valence-electron chi connectivity index (χ2n) is 6.50. The lowest BCUT2D eigenvalue weighted by molar-refractivity contribution is -0.388. The Kier molecular flexibility index (Phi) is 7.44. The first-order chi connectivity index (χ1) is 14.9. The van der Waals surface area contributed by atoms with Crippen LogP contribution in [0, 0.1) is 10.1 Å². The number of amides is 1. The lowest BCUT2D eigenvalue weighted by Gasteiger charge is -2.27. The summed E-state index contributed by atoms with van der Waals surface area (Å²) in [5.41, 5.74) is -1.54. The van der Waals surface area contributed by atoms with E-state index in [4.69, 9.17) is 4.74 Å². The van der Waals surface area contributed by atoms with Crippen molar-refractivity contribution in [2.75, 3.05) is 32.1 Å². The Morgan fingerprint density at radius 3 is 2.15 bits per heavy atom. The number of hydrogen-bond donors (Lipinski definition) is 0. The molecule has 186 valence electrons. The van der Waals surface area contributed by atoms with Crippen LogP contribution < -0.4 is 0 Å². The van der Waals surface area contributed by atoms with Crippen molar-refractivity contribution in [2.45, 2.75) is 27.1 Å². The van der Waals surface area contributed by atoms with Crippen molar-refractivity contribution < 1.29 is 57.8 Å². The number of nitrogens with zero attached hydrogens (tertiary/aromatic N) is 2. The number of halogens is 7. The molecular weight excluding hydrogens is 517 g/mol. The molecule has 0 N–H and O–H groups in total. The first-order valence-corrected chi connectivity index (χ1v) is 11.3. The van der Waals surface area contributed by atoms with E-state index in [9.17, 15) is 58.3 Å². The predicted octanol–water partition coefficient (Wildman–Crippen LogP) is 2.13. The number of benzene rings is 1. The fraction of sp³-hybridized carbons (Fsp3) is 0.533. The Balaban J connectivity index is 2.44. The molecule has 0 bridgehead atoms. The van der Waals surface area contributed by atoms with Gasteiger partial charge in [-0.25, -0.2) is 12.6 Å². The Bertz CT molecular complexity index is 1070. The van der Waals surface area contributed by atoms with Crippen LogP contribution in [-0.4, -0.2) is 77.8 Å². The highest BCUT2D eigenvalue weighted by Crippen LogP contribution is 2.49. The minimum atomic E-state index is -6.80. The Morgan fingerprint density at radius 1 is 1.12 bits per heavy atom. The SMILES string of the molecule is O=C(CS(=O)(=O)c1ccc(S(=O)C(F)(F)C(F)(F)C(F)(F)F)cc1[N+](=O)[O-])N1CCOCC1. The molecular formula is C15H13F7N2O7S2. The number of morpholine rings is 1. The fourth-order valence-electron chi connectivity index (χ4n) is 2.59.